The van der Waals surface area contributed by atoms with Crippen LogP contribution in [0.4, 0.5) is 11.8 Å². The van der Waals surface area contributed by atoms with E-state index in [2.05, 4.69) is 22.2 Å². The number of unbranched alkanes of at least 4 members (excludes halogenated alkanes) is 2. The van der Waals surface area contributed by atoms with Crippen molar-refractivity contribution >= 4 is 22.7 Å². The number of nitrogen functional groups attached to an aromatic ring is 1. The first-order valence-electron chi connectivity index (χ1n) is 6.59. The molecule has 0 saturated heterocycles. The number of aromatic nitrogens is 2. The predicted octanol–water partition coefficient (Wildman–Crippen LogP) is 2.82. The summed E-state index contributed by atoms with van der Waals surface area (Å²) in [5.41, 5.74) is 6.56. The molecule has 0 unspecified atom stereocenters. The van der Waals surface area contributed by atoms with Crippen molar-refractivity contribution in [3.05, 3.63) is 18.2 Å². The Hall–Kier alpha value is -2.04. The summed E-state index contributed by atoms with van der Waals surface area (Å²) in [6.07, 6.45) is 3.52. The zero-order valence-electron chi connectivity index (χ0n) is 11.4. The summed E-state index contributed by atoms with van der Waals surface area (Å²) in [5, 5.41) is 4.26. The second kappa shape index (κ2) is 6.22. The highest BCUT2D eigenvalue weighted by Gasteiger charge is 2.07. The van der Waals surface area contributed by atoms with E-state index in [9.17, 15) is 0 Å². The average Bonchev–Trinajstić information content (AvgIpc) is 2.43. The van der Waals surface area contributed by atoms with Crippen molar-refractivity contribution in [3.63, 3.8) is 0 Å². The van der Waals surface area contributed by atoms with E-state index in [1.807, 2.05) is 18.2 Å². The molecule has 0 saturated carbocycles. The Morgan fingerprint density at radius 1 is 1.26 bits per heavy atom. The van der Waals surface area contributed by atoms with E-state index in [-0.39, 0.29) is 5.95 Å². The zero-order chi connectivity index (χ0) is 13.7. The Labute approximate surface area is 113 Å². The summed E-state index contributed by atoms with van der Waals surface area (Å²) in [5.74, 6) is 1.85. The van der Waals surface area contributed by atoms with E-state index in [1.54, 1.807) is 7.11 Å². The molecule has 0 aliphatic heterocycles. The van der Waals surface area contributed by atoms with Gasteiger partial charge in [0.15, 0.2) is 0 Å². The number of hydrogen-bond acceptors (Lipinski definition) is 5. The molecule has 0 aliphatic rings. The van der Waals surface area contributed by atoms with Crippen LogP contribution in [0.15, 0.2) is 18.2 Å². The lowest BCUT2D eigenvalue weighted by molar-refractivity contribution is 0.415. The minimum atomic E-state index is 0.288. The summed E-state index contributed by atoms with van der Waals surface area (Å²) >= 11 is 0. The highest BCUT2D eigenvalue weighted by molar-refractivity contribution is 5.91. The number of ether oxygens (including phenoxy) is 1. The van der Waals surface area contributed by atoms with Crippen LogP contribution < -0.4 is 15.8 Å². The lowest BCUT2D eigenvalue weighted by atomic mass is 10.2. The van der Waals surface area contributed by atoms with Crippen molar-refractivity contribution in [3.8, 4) is 5.75 Å². The SMILES string of the molecule is CCCCCNc1nc(N)nc2ccc(OC)cc12. The molecule has 5 nitrogen and oxygen atoms in total. The van der Waals surface area contributed by atoms with Crippen LogP contribution in [-0.4, -0.2) is 23.6 Å². The average molecular weight is 260 g/mol. The third-order valence-electron chi connectivity index (χ3n) is 2.99. The van der Waals surface area contributed by atoms with Crippen molar-refractivity contribution in [2.75, 3.05) is 24.7 Å². The molecule has 1 aromatic carbocycles. The number of nitrogens with zero attached hydrogens (tertiary/aromatic N) is 2. The van der Waals surface area contributed by atoms with E-state index in [4.69, 9.17) is 10.5 Å². The monoisotopic (exact) mass is 260 g/mol. The topological polar surface area (TPSA) is 73.1 Å². The molecule has 19 heavy (non-hydrogen) atoms. The quantitative estimate of drug-likeness (QED) is 0.781. The van der Waals surface area contributed by atoms with Crippen LogP contribution in [0, 0.1) is 0 Å². The largest absolute Gasteiger partial charge is 0.497 e. The first-order chi connectivity index (χ1) is 9.24. The maximum Gasteiger partial charge on any atom is 0.222 e. The number of nitrogens with two attached hydrogens (primary N) is 1. The molecule has 0 amide bonds. The second-order valence-corrected chi connectivity index (χ2v) is 4.45. The third-order valence-corrected chi connectivity index (χ3v) is 2.99. The van der Waals surface area contributed by atoms with Crippen molar-refractivity contribution in [2.24, 2.45) is 0 Å². The van der Waals surface area contributed by atoms with Gasteiger partial charge in [0.2, 0.25) is 5.95 Å². The third kappa shape index (κ3) is 3.24. The van der Waals surface area contributed by atoms with Gasteiger partial charge in [-0.05, 0) is 24.6 Å². The van der Waals surface area contributed by atoms with Gasteiger partial charge in [-0.15, -0.1) is 0 Å². The Morgan fingerprint density at radius 3 is 2.84 bits per heavy atom. The summed E-state index contributed by atoms with van der Waals surface area (Å²) < 4.78 is 5.24. The van der Waals surface area contributed by atoms with Crippen LogP contribution in [0.2, 0.25) is 0 Å². The molecule has 0 spiro atoms. The van der Waals surface area contributed by atoms with Crippen LogP contribution in [-0.2, 0) is 0 Å². The fraction of sp³-hybridized carbons (Fsp3) is 0.429. The predicted molar refractivity (Wildman–Crippen MR) is 78.5 cm³/mol. The molecule has 102 valence electrons. The molecular formula is C14H20N4O. The normalized spacial score (nSPS) is 10.6. The second-order valence-electron chi connectivity index (χ2n) is 4.45. The lowest BCUT2D eigenvalue weighted by Gasteiger charge is -2.10. The smallest absolute Gasteiger partial charge is 0.222 e. The van der Waals surface area contributed by atoms with Gasteiger partial charge in [0.1, 0.15) is 11.6 Å². The molecule has 0 aliphatic carbocycles. The first kappa shape index (κ1) is 13.4. The fourth-order valence-corrected chi connectivity index (χ4v) is 1.97. The number of methoxy groups -OCH3 is 1. The lowest BCUT2D eigenvalue weighted by Crippen LogP contribution is -2.06. The van der Waals surface area contributed by atoms with Crippen molar-refractivity contribution in [1.29, 1.82) is 0 Å². The van der Waals surface area contributed by atoms with Gasteiger partial charge in [-0.1, -0.05) is 19.8 Å². The van der Waals surface area contributed by atoms with Gasteiger partial charge < -0.3 is 15.8 Å². The summed E-state index contributed by atoms with van der Waals surface area (Å²) in [4.78, 5) is 8.50. The van der Waals surface area contributed by atoms with E-state index in [1.165, 1.54) is 12.8 Å². The number of nitrogens with one attached hydrogen (secondary N) is 1. The minimum Gasteiger partial charge on any atom is -0.497 e. The van der Waals surface area contributed by atoms with Gasteiger partial charge >= 0.3 is 0 Å². The van der Waals surface area contributed by atoms with Crippen molar-refractivity contribution < 1.29 is 4.74 Å². The molecule has 0 bridgehead atoms. The summed E-state index contributed by atoms with van der Waals surface area (Å²) in [6, 6.07) is 5.69. The maximum absolute atomic E-state index is 5.73. The fourth-order valence-electron chi connectivity index (χ4n) is 1.97. The van der Waals surface area contributed by atoms with Crippen LogP contribution in [0.3, 0.4) is 0 Å². The van der Waals surface area contributed by atoms with Gasteiger partial charge in [0.25, 0.3) is 0 Å². The number of benzene rings is 1. The Balaban J connectivity index is 2.28. The van der Waals surface area contributed by atoms with Gasteiger partial charge in [-0.3, -0.25) is 0 Å². The maximum atomic E-state index is 5.73. The highest BCUT2D eigenvalue weighted by Crippen LogP contribution is 2.25. The van der Waals surface area contributed by atoms with Crippen LogP contribution in [0.25, 0.3) is 10.9 Å². The van der Waals surface area contributed by atoms with Gasteiger partial charge in [-0.25, -0.2) is 4.98 Å². The van der Waals surface area contributed by atoms with Crippen molar-refractivity contribution in [1.82, 2.24) is 9.97 Å². The molecule has 1 heterocycles. The molecule has 2 aromatic rings. The molecule has 2 rings (SSSR count). The van der Waals surface area contributed by atoms with Crippen LogP contribution >= 0.6 is 0 Å². The van der Waals surface area contributed by atoms with Gasteiger partial charge in [0.05, 0.1) is 12.6 Å². The molecule has 0 fully saturated rings. The van der Waals surface area contributed by atoms with Gasteiger partial charge in [0, 0.05) is 11.9 Å². The Bertz CT molecular complexity index is 556. The standard InChI is InChI=1S/C14H20N4O/c1-3-4-5-8-16-13-11-9-10(19-2)6-7-12(11)17-14(15)18-13/h6-7,9H,3-5,8H2,1-2H3,(H3,15,16,17,18). The zero-order valence-corrected chi connectivity index (χ0v) is 11.4. The number of hydrogen-bond donors (Lipinski definition) is 2. The first-order valence-corrected chi connectivity index (χ1v) is 6.59. The van der Waals surface area contributed by atoms with Crippen LogP contribution in [0.1, 0.15) is 26.2 Å². The minimum absolute atomic E-state index is 0.288. The van der Waals surface area contributed by atoms with E-state index >= 15 is 0 Å². The Morgan fingerprint density at radius 2 is 2.11 bits per heavy atom. The van der Waals surface area contributed by atoms with E-state index in [0.717, 1.165) is 35.4 Å². The highest BCUT2D eigenvalue weighted by atomic mass is 16.5. The molecule has 0 atom stereocenters. The molecule has 3 N–H and O–H groups in total. The van der Waals surface area contributed by atoms with E-state index < -0.39 is 0 Å². The van der Waals surface area contributed by atoms with Crippen molar-refractivity contribution in [2.45, 2.75) is 26.2 Å². The number of rotatable bonds is 6. The number of anilines is 2. The molecule has 1 aromatic heterocycles. The summed E-state index contributed by atoms with van der Waals surface area (Å²) in [7, 11) is 1.65. The molecular weight excluding hydrogens is 240 g/mol. The molecule has 0 radical (unpaired) electrons. The van der Waals surface area contributed by atoms with Crippen LogP contribution in [0.5, 0.6) is 5.75 Å². The number of fused-ring (bicyclic) bond motifs is 1. The van der Waals surface area contributed by atoms with Gasteiger partial charge in [-0.2, -0.15) is 4.98 Å². The van der Waals surface area contributed by atoms with E-state index in [0.29, 0.717) is 0 Å². The molecule has 5 heteroatoms. The Kier molecular flexibility index (Phi) is 4.39. The summed E-state index contributed by atoms with van der Waals surface area (Å²) in [6.45, 7) is 3.07.